The molecule has 0 spiro atoms. The maximum absolute atomic E-state index is 11.9. The first-order chi connectivity index (χ1) is 9.70. The molecule has 3 aromatic rings. The lowest BCUT2D eigenvalue weighted by Gasteiger charge is -2.08. The fourth-order valence-electron chi connectivity index (χ4n) is 2.17. The van der Waals surface area contributed by atoms with E-state index in [0.29, 0.717) is 10.1 Å². The Bertz CT molecular complexity index is 819. The number of hydrogen-bond donors (Lipinski definition) is 0. The highest BCUT2D eigenvalue weighted by Crippen LogP contribution is 2.33. The van der Waals surface area contributed by atoms with E-state index >= 15 is 0 Å². The predicted molar refractivity (Wildman–Crippen MR) is 82.2 cm³/mol. The lowest BCUT2D eigenvalue weighted by molar-refractivity contribution is 0.415. The van der Waals surface area contributed by atoms with Gasteiger partial charge in [-0.2, -0.15) is 0 Å². The molecular weight excluding hydrogens is 320 g/mol. The number of halogens is 1. The van der Waals surface area contributed by atoms with Gasteiger partial charge < -0.3 is 9.15 Å². The molecule has 0 amide bonds. The molecule has 0 saturated heterocycles. The van der Waals surface area contributed by atoms with Crippen LogP contribution in [-0.2, 0) is 0 Å². The van der Waals surface area contributed by atoms with Crippen LogP contribution in [0.15, 0.2) is 62.2 Å². The lowest BCUT2D eigenvalue weighted by atomic mass is 10.0. The summed E-state index contributed by atoms with van der Waals surface area (Å²) in [6.07, 6.45) is 0. The molecule has 3 rings (SSSR count). The van der Waals surface area contributed by atoms with Gasteiger partial charge in [0.05, 0.1) is 7.11 Å². The van der Waals surface area contributed by atoms with E-state index in [2.05, 4.69) is 15.9 Å². The minimum Gasteiger partial charge on any atom is -0.497 e. The first kappa shape index (κ1) is 12.9. The standard InChI is InChI=1S/C16H11BrO3/c1-19-11-8-6-10(7-9-11)14-12-4-2-3-5-13(12)20-16(18)15(14)17/h2-9H,1H3. The Morgan fingerprint density at radius 2 is 1.75 bits per heavy atom. The molecule has 1 aromatic heterocycles. The van der Waals surface area contributed by atoms with E-state index in [4.69, 9.17) is 9.15 Å². The Hall–Kier alpha value is -2.07. The summed E-state index contributed by atoms with van der Waals surface area (Å²) in [5.74, 6) is 0.775. The summed E-state index contributed by atoms with van der Waals surface area (Å²) in [6, 6.07) is 15.1. The van der Waals surface area contributed by atoms with Crippen molar-refractivity contribution in [3.63, 3.8) is 0 Å². The summed E-state index contributed by atoms with van der Waals surface area (Å²) in [6.45, 7) is 0. The van der Waals surface area contributed by atoms with Crippen LogP contribution < -0.4 is 10.4 Å². The molecule has 100 valence electrons. The molecule has 0 radical (unpaired) electrons. The molecule has 0 fully saturated rings. The molecule has 0 aliphatic heterocycles. The van der Waals surface area contributed by atoms with Crippen molar-refractivity contribution in [1.82, 2.24) is 0 Å². The molecule has 0 bridgehead atoms. The normalized spacial score (nSPS) is 10.7. The molecule has 1 heterocycles. The van der Waals surface area contributed by atoms with E-state index in [1.165, 1.54) is 0 Å². The van der Waals surface area contributed by atoms with E-state index in [-0.39, 0.29) is 5.63 Å². The fourth-order valence-corrected chi connectivity index (χ4v) is 2.69. The van der Waals surface area contributed by atoms with Gasteiger partial charge >= 0.3 is 5.63 Å². The Morgan fingerprint density at radius 1 is 1.05 bits per heavy atom. The van der Waals surface area contributed by atoms with Crippen molar-refractivity contribution < 1.29 is 9.15 Å². The minimum absolute atomic E-state index is 0.380. The lowest BCUT2D eigenvalue weighted by Crippen LogP contribution is -2.02. The molecule has 0 atom stereocenters. The van der Waals surface area contributed by atoms with E-state index in [9.17, 15) is 4.79 Å². The third-order valence-electron chi connectivity index (χ3n) is 3.14. The minimum atomic E-state index is -0.380. The topological polar surface area (TPSA) is 39.4 Å². The SMILES string of the molecule is COc1ccc(-c2c(Br)c(=O)oc3ccccc23)cc1. The van der Waals surface area contributed by atoms with Crippen LogP contribution in [0.1, 0.15) is 0 Å². The molecule has 0 aliphatic carbocycles. The number of benzene rings is 2. The van der Waals surface area contributed by atoms with Gasteiger partial charge in [-0.15, -0.1) is 0 Å². The Kier molecular flexibility index (Phi) is 3.32. The van der Waals surface area contributed by atoms with Crippen LogP contribution in [0.5, 0.6) is 5.75 Å². The van der Waals surface area contributed by atoms with Gasteiger partial charge in [-0.1, -0.05) is 30.3 Å². The smallest absolute Gasteiger partial charge is 0.351 e. The zero-order valence-electron chi connectivity index (χ0n) is 10.7. The Balaban J connectivity index is 2.33. The second-order valence-corrected chi connectivity index (χ2v) is 5.10. The van der Waals surface area contributed by atoms with Gasteiger partial charge in [0.25, 0.3) is 0 Å². The van der Waals surface area contributed by atoms with Crippen molar-refractivity contribution in [2.24, 2.45) is 0 Å². The molecular formula is C16H11BrO3. The maximum atomic E-state index is 11.9. The maximum Gasteiger partial charge on any atom is 0.351 e. The highest BCUT2D eigenvalue weighted by molar-refractivity contribution is 9.10. The van der Waals surface area contributed by atoms with Crippen molar-refractivity contribution in [1.29, 1.82) is 0 Å². The van der Waals surface area contributed by atoms with E-state index in [0.717, 1.165) is 22.3 Å². The summed E-state index contributed by atoms with van der Waals surface area (Å²) in [4.78, 5) is 11.9. The van der Waals surface area contributed by atoms with Crippen LogP contribution in [0.3, 0.4) is 0 Å². The summed E-state index contributed by atoms with van der Waals surface area (Å²) in [7, 11) is 1.62. The Labute approximate surface area is 123 Å². The van der Waals surface area contributed by atoms with Crippen LogP contribution in [0.2, 0.25) is 0 Å². The average Bonchev–Trinajstić information content (AvgIpc) is 2.49. The summed E-state index contributed by atoms with van der Waals surface area (Å²) >= 11 is 3.34. The molecule has 0 aliphatic rings. The molecule has 3 nitrogen and oxygen atoms in total. The number of fused-ring (bicyclic) bond motifs is 1. The number of rotatable bonds is 2. The zero-order chi connectivity index (χ0) is 14.1. The average molecular weight is 331 g/mol. The third kappa shape index (κ3) is 2.12. The number of ether oxygens (including phenoxy) is 1. The first-order valence-electron chi connectivity index (χ1n) is 6.06. The van der Waals surface area contributed by atoms with Gasteiger partial charge in [-0.3, -0.25) is 0 Å². The van der Waals surface area contributed by atoms with E-state index in [1.54, 1.807) is 13.2 Å². The zero-order valence-corrected chi connectivity index (χ0v) is 12.3. The molecule has 2 aromatic carbocycles. The first-order valence-corrected chi connectivity index (χ1v) is 6.86. The molecule has 0 N–H and O–H groups in total. The van der Waals surface area contributed by atoms with Crippen LogP contribution in [0, 0.1) is 0 Å². The van der Waals surface area contributed by atoms with Crippen molar-refractivity contribution >= 4 is 26.9 Å². The monoisotopic (exact) mass is 330 g/mol. The largest absolute Gasteiger partial charge is 0.497 e. The fraction of sp³-hybridized carbons (Fsp3) is 0.0625. The Morgan fingerprint density at radius 3 is 2.45 bits per heavy atom. The van der Waals surface area contributed by atoms with Crippen LogP contribution in [0.4, 0.5) is 0 Å². The predicted octanol–water partition coefficient (Wildman–Crippen LogP) is 4.23. The van der Waals surface area contributed by atoms with Crippen LogP contribution >= 0.6 is 15.9 Å². The second kappa shape index (κ2) is 5.13. The van der Waals surface area contributed by atoms with Gasteiger partial charge in [0, 0.05) is 10.9 Å². The quantitative estimate of drug-likeness (QED) is 0.660. The summed E-state index contributed by atoms with van der Waals surface area (Å²) < 4.78 is 10.9. The van der Waals surface area contributed by atoms with Gasteiger partial charge in [-0.25, -0.2) is 4.79 Å². The van der Waals surface area contributed by atoms with E-state index in [1.807, 2.05) is 42.5 Å². The second-order valence-electron chi connectivity index (χ2n) is 4.30. The highest BCUT2D eigenvalue weighted by Gasteiger charge is 2.13. The van der Waals surface area contributed by atoms with Crippen LogP contribution in [0.25, 0.3) is 22.1 Å². The van der Waals surface area contributed by atoms with Gasteiger partial charge in [0.15, 0.2) is 0 Å². The molecule has 0 unspecified atom stereocenters. The highest BCUT2D eigenvalue weighted by atomic mass is 79.9. The van der Waals surface area contributed by atoms with Crippen LogP contribution in [-0.4, -0.2) is 7.11 Å². The number of methoxy groups -OCH3 is 1. The van der Waals surface area contributed by atoms with Crippen molar-refractivity contribution in [3.8, 4) is 16.9 Å². The third-order valence-corrected chi connectivity index (χ3v) is 3.86. The molecule has 20 heavy (non-hydrogen) atoms. The van der Waals surface area contributed by atoms with Crippen molar-refractivity contribution in [2.45, 2.75) is 0 Å². The molecule has 0 saturated carbocycles. The summed E-state index contributed by atoms with van der Waals surface area (Å²) in [5.41, 5.74) is 1.96. The van der Waals surface area contributed by atoms with Gasteiger partial charge in [0.1, 0.15) is 15.8 Å². The number of para-hydroxylation sites is 1. The van der Waals surface area contributed by atoms with Gasteiger partial charge in [-0.05, 0) is 39.7 Å². The van der Waals surface area contributed by atoms with Gasteiger partial charge in [0.2, 0.25) is 0 Å². The van der Waals surface area contributed by atoms with Crippen molar-refractivity contribution in [3.05, 3.63) is 63.4 Å². The van der Waals surface area contributed by atoms with E-state index < -0.39 is 0 Å². The molecule has 4 heteroatoms. The summed E-state index contributed by atoms with van der Waals surface area (Å²) in [5, 5.41) is 0.893. The number of hydrogen-bond acceptors (Lipinski definition) is 3. The van der Waals surface area contributed by atoms with Crippen molar-refractivity contribution in [2.75, 3.05) is 7.11 Å².